The van der Waals surface area contributed by atoms with E-state index in [1.54, 1.807) is 23.7 Å². The molecular formula is C21H18N4O2. The minimum absolute atomic E-state index is 0.356. The summed E-state index contributed by atoms with van der Waals surface area (Å²) in [4.78, 5) is 21.7. The number of nitrogens with zero attached hydrogens (tertiary/aromatic N) is 2. The predicted octanol–water partition coefficient (Wildman–Crippen LogP) is 4.02. The number of hydroxylamine groups is 1. The monoisotopic (exact) mass is 358 g/mol. The number of aromatic amines is 1. The molecule has 0 saturated heterocycles. The van der Waals surface area contributed by atoms with Gasteiger partial charge in [-0.25, -0.2) is 10.5 Å². The molecule has 0 fully saturated rings. The predicted molar refractivity (Wildman–Crippen MR) is 104 cm³/mol. The smallest absolute Gasteiger partial charge is 0.274 e. The molecule has 134 valence electrons. The fraction of sp³-hybridized carbons (Fsp3) is 0.0476. The Kier molecular flexibility index (Phi) is 4.55. The fourth-order valence-electron chi connectivity index (χ4n) is 2.99. The number of carbonyl (C=O) groups excluding carboxylic acids is 1. The molecule has 27 heavy (non-hydrogen) atoms. The van der Waals surface area contributed by atoms with Gasteiger partial charge < -0.3 is 9.88 Å². The van der Waals surface area contributed by atoms with E-state index in [1.165, 1.54) is 0 Å². The van der Waals surface area contributed by atoms with Gasteiger partial charge in [-0.2, -0.15) is 0 Å². The largest absolute Gasteiger partial charge is 0.324 e. The Balaban J connectivity index is 1.76. The maximum atomic E-state index is 11.7. The summed E-state index contributed by atoms with van der Waals surface area (Å²) in [7, 11) is 0. The third-order valence-electron chi connectivity index (χ3n) is 4.34. The normalized spacial score (nSPS) is 10.7. The molecule has 1 heterocycles. The van der Waals surface area contributed by atoms with Gasteiger partial charge in [0.2, 0.25) is 5.95 Å². The first-order valence-electron chi connectivity index (χ1n) is 8.55. The number of para-hydroxylation sites is 1. The summed E-state index contributed by atoms with van der Waals surface area (Å²) >= 11 is 0. The fourth-order valence-corrected chi connectivity index (χ4v) is 2.99. The van der Waals surface area contributed by atoms with Gasteiger partial charge in [0.1, 0.15) is 0 Å². The zero-order valence-corrected chi connectivity index (χ0v) is 14.5. The number of carbonyl (C=O) groups is 1. The highest BCUT2D eigenvalue weighted by Gasteiger charge is 2.15. The number of imidazole rings is 1. The van der Waals surface area contributed by atoms with E-state index in [0.717, 1.165) is 22.3 Å². The van der Waals surface area contributed by atoms with Gasteiger partial charge in [0.05, 0.1) is 17.6 Å². The Hall–Kier alpha value is -3.64. The molecule has 3 N–H and O–H groups in total. The number of aromatic nitrogens is 2. The Morgan fingerprint density at radius 2 is 1.70 bits per heavy atom. The summed E-state index contributed by atoms with van der Waals surface area (Å²) in [5.41, 5.74) is 5.64. The maximum Gasteiger partial charge on any atom is 0.274 e. The summed E-state index contributed by atoms with van der Waals surface area (Å²) in [5, 5.41) is 8.83. The molecule has 1 aromatic heterocycles. The van der Waals surface area contributed by atoms with Gasteiger partial charge in [-0.15, -0.1) is 0 Å². The van der Waals surface area contributed by atoms with Gasteiger partial charge in [0.25, 0.3) is 5.91 Å². The van der Waals surface area contributed by atoms with Crippen LogP contribution in [0.25, 0.3) is 11.0 Å². The van der Waals surface area contributed by atoms with Crippen molar-refractivity contribution in [2.24, 2.45) is 0 Å². The van der Waals surface area contributed by atoms with E-state index < -0.39 is 5.91 Å². The van der Waals surface area contributed by atoms with Crippen molar-refractivity contribution in [3.05, 3.63) is 90.0 Å². The highest BCUT2D eigenvalue weighted by molar-refractivity contribution is 5.97. The van der Waals surface area contributed by atoms with E-state index in [9.17, 15) is 4.79 Å². The first-order valence-corrected chi connectivity index (χ1v) is 8.55. The van der Waals surface area contributed by atoms with E-state index >= 15 is 0 Å². The Labute approximate surface area is 156 Å². The number of anilines is 2. The van der Waals surface area contributed by atoms with Crippen LogP contribution in [0.4, 0.5) is 11.6 Å². The van der Waals surface area contributed by atoms with Crippen LogP contribution in [0.1, 0.15) is 15.9 Å². The standard InChI is InChI=1S/C21H18N4O2/c26-20(24-27)16-11-12-18-19(13-16)23-21(22-18)25(17-9-5-2-6-10-17)14-15-7-3-1-4-8-15/h1-13,27H,14H2,(H,22,23)(H,24,26). The summed E-state index contributed by atoms with van der Waals surface area (Å²) in [5.74, 6) is 0.124. The molecule has 0 aliphatic carbocycles. The van der Waals surface area contributed by atoms with Crippen molar-refractivity contribution in [3.63, 3.8) is 0 Å². The first kappa shape index (κ1) is 16.8. The SMILES string of the molecule is O=C(NO)c1ccc2nc(N(Cc3ccccc3)c3ccccc3)[nH]c2c1. The number of rotatable bonds is 5. The van der Waals surface area contributed by atoms with Crippen LogP contribution >= 0.6 is 0 Å². The average molecular weight is 358 g/mol. The Morgan fingerprint density at radius 1 is 1.00 bits per heavy atom. The zero-order valence-electron chi connectivity index (χ0n) is 14.5. The van der Waals surface area contributed by atoms with Crippen molar-refractivity contribution in [1.29, 1.82) is 0 Å². The molecule has 4 aromatic rings. The summed E-state index contributed by atoms with van der Waals surface area (Å²) in [6.45, 7) is 0.647. The lowest BCUT2D eigenvalue weighted by atomic mass is 10.2. The van der Waals surface area contributed by atoms with Crippen LogP contribution in [0.2, 0.25) is 0 Å². The third kappa shape index (κ3) is 3.51. The number of amides is 1. The molecule has 6 nitrogen and oxygen atoms in total. The molecule has 4 rings (SSSR count). The van der Waals surface area contributed by atoms with Crippen molar-refractivity contribution in [1.82, 2.24) is 15.4 Å². The summed E-state index contributed by atoms with van der Waals surface area (Å²) in [6, 6.07) is 25.2. The molecule has 3 aromatic carbocycles. The van der Waals surface area contributed by atoms with Gasteiger partial charge in [-0.05, 0) is 35.9 Å². The van der Waals surface area contributed by atoms with Gasteiger partial charge in [-0.3, -0.25) is 10.0 Å². The minimum atomic E-state index is -0.558. The number of hydrogen-bond donors (Lipinski definition) is 3. The van der Waals surface area contributed by atoms with Crippen molar-refractivity contribution < 1.29 is 10.0 Å². The van der Waals surface area contributed by atoms with E-state index in [0.29, 0.717) is 18.1 Å². The van der Waals surface area contributed by atoms with E-state index in [2.05, 4.69) is 27.0 Å². The number of H-pyrrole nitrogens is 1. The second-order valence-electron chi connectivity index (χ2n) is 6.14. The third-order valence-corrected chi connectivity index (χ3v) is 4.34. The molecular weight excluding hydrogens is 340 g/mol. The van der Waals surface area contributed by atoms with E-state index in [-0.39, 0.29) is 0 Å². The minimum Gasteiger partial charge on any atom is -0.324 e. The van der Waals surface area contributed by atoms with E-state index in [4.69, 9.17) is 5.21 Å². The van der Waals surface area contributed by atoms with Crippen LogP contribution in [0.3, 0.4) is 0 Å². The lowest BCUT2D eigenvalue weighted by Crippen LogP contribution is -2.18. The molecule has 0 saturated carbocycles. The molecule has 0 radical (unpaired) electrons. The number of benzene rings is 3. The molecule has 0 aliphatic heterocycles. The zero-order chi connectivity index (χ0) is 18.6. The molecule has 0 atom stereocenters. The Bertz CT molecular complexity index is 1060. The topological polar surface area (TPSA) is 81.2 Å². The quantitative estimate of drug-likeness (QED) is 0.372. The van der Waals surface area contributed by atoms with Crippen LogP contribution in [-0.4, -0.2) is 21.1 Å². The molecule has 1 amide bonds. The van der Waals surface area contributed by atoms with E-state index in [1.807, 2.05) is 48.5 Å². The highest BCUT2D eigenvalue weighted by atomic mass is 16.5. The number of nitrogens with one attached hydrogen (secondary N) is 2. The van der Waals surface area contributed by atoms with Crippen LogP contribution in [0.15, 0.2) is 78.9 Å². The summed E-state index contributed by atoms with van der Waals surface area (Å²) in [6.07, 6.45) is 0. The molecule has 6 heteroatoms. The second-order valence-corrected chi connectivity index (χ2v) is 6.14. The van der Waals surface area contributed by atoms with Crippen molar-refractivity contribution >= 4 is 28.6 Å². The van der Waals surface area contributed by atoms with Crippen LogP contribution in [0, 0.1) is 0 Å². The van der Waals surface area contributed by atoms with Crippen LogP contribution in [0.5, 0.6) is 0 Å². The van der Waals surface area contributed by atoms with Gasteiger partial charge in [0.15, 0.2) is 0 Å². The van der Waals surface area contributed by atoms with Crippen molar-refractivity contribution in [2.45, 2.75) is 6.54 Å². The molecule has 0 aliphatic rings. The molecule has 0 bridgehead atoms. The Morgan fingerprint density at radius 3 is 2.41 bits per heavy atom. The van der Waals surface area contributed by atoms with Crippen LogP contribution < -0.4 is 10.4 Å². The first-order chi connectivity index (χ1) is 13.2. The lowest BCUT2D eigenvalue weighted by molar-refractivity contribution is 0.0706. The van der Waals surface area contributed by atoms with Crippen LogP contribution in [-0.2, 0) is 6.54 Å². The van der Waals surface area contributed by atoms with Gasteiger partial charge in [-0.1, -0.05) is 48.5 Å². The average Bonchev–Trinajstić information content (AvgIpc) is 3.15. The summed E-state index contributed by atoms with van der Waals surface area (Å²) < 4.78 is 0. The van der Waals surface area contributed by atoms with Gasteiger partial charge >= 0.3 is 0 Å². The lowest BCUT2D eigenvalue weighted by Gasteiger charge is -2.22. The van der Waals surface area contributed by atoms with Crippen molar-refractivity contribution in [3.8, 4) is 0 Å². The molecule has 0 spiro atoms. The maximum absolute atomic E-state index is 11.7. The molecule has 0 unspecified atom stereocenters. The highest BCUT2D eigenvalue weighted by Crippen LogP contribution is 2.27. The second kappa shape index (κ2) is 7.31. The van der Waals surface area contributed by atoms with Crippen molar-refractivity contribution in [2.75, 3.05) is 4.90 Å². The van der Waals surface area contributed by atoms with Gasteiger partial charge in [0, 0.05) is 11.3 Å². The number of fused-ring (bicyclic) bond motifs is 1. The number of hydrogen-bond acceptors (Lipinski definition) is 4.